The molecule has 2 aromatic rings. The van der Waals surface area contributed by atoms with E-state index >= 15 is 0 Å². The first-order valence-corrected chi connectivity index (χ1v) is 7.36. The zero-order chi connectivity index (χ0) is 13.8. The summed E-state index contributed by atoms with van der Waals surface area (Å²) in [5.74, 6) is -0.165. The van der Waals surface area contributed by atoms with E-state index in [1.165, 1.54) is 6.07 Å². The summed E-state index contributed by atoms with van der Waals surface area (Å²) in [4.78, 5) is 5.56. The molecule has 0 amide bonds. The molecule has 1 aromatic heterocycles. The Morgan fingerprint density at radius 2 is 2.05 bits per heavy atom. The van der Waals surface area contributed by atoms with Gasteiger partial charge in [0, 0.05) is 10.4 Å². The lowest BCUT2D eigenvalue weighted by atomic mass is 10.0. The number of rotatable bonds is 5. The van der Waals surface area contributed by atoms with Crippen molar-refractivity contribution in [2.45, 2.75) is 33.2 Å². The number of hydrogen-bond acceptors (Lipinski definition) is 3. The number of aromatic nitrogens is 1. The van der Waals surface area contributed by atoms with Gasteiger partial charge in [-0.15, -0.1) is 11.3 Å². The van der Waals surface area contributed by atoms with Gasteiger partial charge in [0.2, 0.25) is 0 Å². The SMILES string of the molecule is CCCNC(c1ccccc1F)c1sc(C)nc1C. The molecule has 4 heteroatoms. The molecule has 19 heavy (non-hydrogen) atoms. The van der Waals surface area contributed by atoms with E-state index in [1.807, 2.05) is 26.0 Å². The van der Waals surface area contributed by atoms with E-state index in [1.54, 1.807) is 17.4 Å². The van der Waals surface area contributed by atoms with Crippen LogP contribution in [0.1, 0.15) is 40.5 Å². The molecule has 102 valence electrons. The van der Waals surface area contributed by atoms with Gasteiger partial charge in [-0.25, -0.2) is 9.37 Å². The Morgan fingerprint density at radius 3 is 2.63 bits per heavy atom. The van der Waals surface area contributed by atoms with Crippen LogP contribution in [0.4, 0.5) is 4.39 Å². The minimum absolute atomic E-state index is 0.104. The molecule has 0 aliphatic rings. The minimum atomic E-state index is -0.165. The highest BCUT2D eigenvalue weighted by Gasteiger charge is 2.21. The molecular weight excluding hydrogens is 259 g/mol. The summed E-state index contributed by atoms with van der Waals surface area (Å²) in [6.45, 7) is 6.94. The molecule has 1 unspecified atom stereocenters. The number of nitrogens with zero attached hydrogens (tertiary/aromatic N) is 1. The van der Waals surface area contributed by atoms with Crippen LogP contribution in [0, 0.1) is 19.7 Å². The van der Waals surface area contributed by atoms with Gasteiger partial charge < -0.3 is 5.32 Å². The van der Waals surface area contributed by atoms with Crippen molar-refractivity contribution < 1.29 is 4.39 Å². The molecule has 2 rings (SSSR count). The van der Waals surface area contributed by atoms with Gasteiger partial charge >= 0.3 is 0 Å². The number of hydrogen-bond donors (Lipinski definition) is 1. The van der Waals surface area contributed by atoms with Gasteiger partial charge in [-0.3, -0.25) is 0 Å². The van der Waals surface area contributed by atoms with E-state index in [2.05, 4.69) is 17.2 Å². The highest BCUT2D eigenvalue weighted by molar-refractivity contribution is 7.11. The number of thiazole rings is 1. The number of halogens is 1. The first kappa shape index (κ1) is 14.2. The van der Waals surface area contributed by atoms with Gasteiger partial charge in [0.15, 0.2) is 0 Å². The average Bonchev–Trinajstić information content (AvgIpc) is 2.71. The number of benzene rings is 1. The molecule has 0 fully saturated rings. The van der Waals surface area contributed by atoms with Crippen LogP contribution < -0.4 is 5.32 Å². The molecule has 1 N–H and O–H groups in total. The summed E-state index contributed by atoms with van der Waals surface area (Å²) in [6.07, 6.45) is 1.02. The monoisotopic (exact) mass is 278 g/mol. The predicted octanol–water partition coefficient (Wildman–Crippen LogP) is 3.99. The standard InChI is InChI=1S/C15H19FN2S/c1-4-9-17-14(12-7-5-6-8-13(12)16)15-10(2)18-11(3)19-15/h5-8,14,17H,4,9H2,1-3H3. The van der Waals surface area contributed by atoms with Crippen molar-refractivity contribution in [3.05, 3.63) is 51.2 Å². The van der Waals surface area contributed by atoms with Gasteiger partial charge in [-0.1, -0.05) is 25.1 Å². The summed E-state index contributed by atoms with van der Waals surface area (Å²) in [5.41, 5.74) is 1.68. The Kier molecular flexibility index (Phi) is 4.66. The fourth-order valence-corrected chi connectivity index (χ4v) is 3.18. The van der Waals surface area contributed by atoms with Gasteiger partial charge in [0.05, 0.1) is 16.7 Å². The topological polar surface area (TPSA) is 24.9 Å². The van der Waals surface area contributed by atoms with Crippen molar-refractivity contribution in [3.8, 4) is 0 Å². The number of aryl methyl sites for hydroxylation is 2. The molecule has 2 nitrogen and oxygen atoms in total. The molecule has 0 aliphatic heterocycles. The Bertz CT molecular complexity index is 551. The summed E-state index contributed by atoms with van der Waals surface area (Å²) in [6, 6.07) is 6.85. The highest BCUT2D eigenvalue weighted by Crippen LogP contribution is 2.31. The lowest BCUT2D eigenvalue weighted by Crippen LogP contribution is -2.24. The van der Waals surface area contributed by atoms with Gasteiger partial charge in [-0.2, -0.15) is 0 Å². The van der Waals surface area contributed by atoms with Crippen molar-refractivity contribution in [3.63, 3.8) is 0 Å². The molecule has 1 aromatic carbocycles. The third-order valence-corrected chi connectivity index (χ3v) is 4.15. The quantitative estimate of drug-likeness (QED) is 0.894. The third-order valence-electron chi connectivity index (χ3n) is 3.02. The Balaban J connectivity index is 2.41. The van der Waals surface area contributed by atoms with Gasteiger partial charge in [0.25, 0.3) is 0 Å². The Hall–Kier alpha value is -1.26. The van der Waals surface area contributed by atoms with E-state index in [4.69, 9.17) is 0 Å². The van der Waals surface area contributed by atoms with E-state index in [-0.39, 0.29) is 11.9 Å². The van der Waals surface area contributed by atoms with Crippen LogP contribution in [0.2, 0.25) is 0 Å². The normalized spacial score (nSPS) is 12.6. The molecule has 0 aliphatic carbocycles. The van der Waals surface area contributed by atoms with E-state index in [0.717, 1.165) is 28.5 Å². The highest BCUT2D eigenvalue weighted by atomic mass is 32.1. The Labute approximate surface area is 117 Å². The second kappa shape index (κ2) is 6.26. The second-order valence-electron chi connectivity index (χ2n) is 4.59. The maximum Gasteiger partial charge on any atom is 0.128 e. The Morgan fingerprint density at radius 1 is 1.32 bits per heavy atom. The van der Waals surface area contributed by atoms with Crippen molar-refractivity contribution in [2.24, 2.45) is 0 Å². The lowest BCUT2D eigenvalue weighted by Gasteiger charge is -2.18. The zero-order valence-electron chi connectivity index (χ0n) is 11.5. The lowest BCUT2D eigenvalue weighted by molar-refractivity contribution is 0.549. The van der Waals surface area contributed by atoms with Crippen LogP contribution in [-0.4, -0.2) is 11.5 Å². The molecule has 1 heterocycles. The maximum atomic E-state index is 14.0. The smallest absolute Gasteiger partial charge is 0.128 e. The van der Waals surface area contributed by atoms with Gasteiger partial charge in [0.1, 0.15) is 5.82 Å². The fourth-order valence-electron chi connectivity index (χ4n) is 2.16. The van der Waals surface area contributed by atoms with Crippen LogP contribution in [0.15, 0.2) is 24.3 Å². The summed E-state index contributed by atoms with van der Waals surface area (Å²) in [5, 5.41) is 4.45. The van der Waals surface area contributed by atoms with Gasteiger partial charge in [-0.05, 0) is 32.9 Å². The fraction of sp³-hybridized carbons (Fsp3) is 0.400. The average molecular weight is 278 g/mol. The zero-order valence-corrected chi connectivity index (χ0v) is 12.4. The van der Waals surface area contributed by atoms with Crippen LogP contribution in [0.3, 0.4) is 0 Å². The van der Waals surface area contributed by atoms with E-state index in [0.29, 0.717) is 5.56 Å². The van der Waals surface area contributed by atoms with Crippen molar-refractivity contribution in [1.82, 2.24) is 10.3 Å². The summed E-state index contributed by atoms with van der Waals surface area (Å²) in [7, 11) is 0. The molecule has 0 saturated heterocycles. The number of nitrogens with one attached hydrogen (secondary N) is 1. The molecule has 0 radical (unpaired) electrons. The molecular formula is C15H19FN2S. The van der Waals surface area contributed by atoms with Crippen molar-refractivity contribution in [2.75, 3.05) is 6.54 Å². The largest absolute Gasteiger partial charge is 0.305 e. The maximum absolute atomic E-state index is 14.0. The van der Waals surface area contributed by atoms with Crippen LogP contribution in [0.25, 0.3) is 0 Å². The summed E-state index contributed by atoms with van der Waals surface area (Å²) < 4.78 is 14.0. The van der Waals surface area contributed by atoms with E-state index in [9.17, 15) is 4.39 Å². The minimum Gasteiger partial charge on any atom is -0.305 e. The molecule has 0 saturated carbocycles. The predicted molar refractivity (Wildman–Crippen MR) is 78.1 cm³/mol. The molecule has 0 spiro atoms. The third kappa shape index (κ3) is 3.19. The van der Waals surface area contributed by atoms with Crippen LogP contribution in [0.5, 0.6) is 0 Å². The van der Waals surface area contributed by atoms with Crippen molar-refractivity contribution >= 4 is 11.3 Å². The first-order chi connectivity index (χ1) is 9.13. The van der Waals surface area contributed by atoms with Crippen molar-refractivity contribution in [1.29, 1.82) is 0 Å². The molecule has 0 bridgehead atoms. The summed E-state index contributed by atoms with van der Waals surface area (Å²) >= 11 is 1.64. The molecule has 1 atom stereocenters. The second-order valence-corrected chi connectivity index (χ2v) is 5.83. The van der Waals surface area contributed by atoms with E-state index < -0.39 is 0 Å². The first-order valence-electron chi connectivity index (χ1n) is 6.55. The van der Waals surface area contributed by atoms with Crippen LogP contribution in [-0.2, 0) is 0 Å². The van der Waals surface area contributed by atoms with Crippen LogP contribution >= 0.6 is 11.3 Å².